The first-order valence-electron chi connectivity index (χ1n) is 38.8. The Morgan fingerprint density at radius 1 is 0.174 bits per heavy atom. The van der Waals surface area contributed by atoms with Crippen LogP contribution in [0.25, 0.3) is 231 Å². The summed E-state index contributed by atoms with van der Waals surface area (Å²) in [6.07, 6.45) is 0. The van der Waals surface area contributed by atoms with E-state index in [9.17, 15) is 0 Å². The van der Waals surface area contributed by atoms with Gasteiger partial charge >= 0.3 is 0 Å². The van der Waals surface area contributed by atoms with Crippen LogP contribution in [0.4, 0.5) is 0 Å². The van der Waals surface area contributed by atoms with Crippen LogP contribution in [0.15, 0.2) is 376 Å². The molecule has 0 amide bonds. The molecule has 0 saturated heterocycles. The number of nitrogens with zero attached hydrogens (tertiary/aromatic N) is 10. The molecule has 0 aliphatic rings. The van der Waals surface area contributed by atoms with Crippen molar-refractivity contribution in [3.63, 3.8) is 0 Å². The molecule has 0 bridgehead atoms. The third-order valence-electron chi connectivity index (χ3n) is 23.3. The molecule has 0 N–H and O–H groups in total. The Labute approximate surface area is 662 Å². The Morgan fingerprint density at radius 2 is 0.574 bits per heavy atom. The predicted molar refractivity (Wildman–Crippen MR) is 477 cm³/mol. The lowest BCUT2D eigenvalue weighted by molar-refractivity contribution is 0.953. The zero-order valence-corrected chi connectivity index (χ0v) is 62.5. The first-order chi connectivity index (χ1) is 57.0. The SMILES string of the molecule is c1ccc(-c2nc(-c3ccc(-c4ccc5c6cc(-c7ccc8c(c7)c7ccccc7n8-c7ccccc7)ccc6n(-c6nc(-c7ccc8ccccc8c7)nc(-c7cccc8ccccc78)n6)c5c4)cc3)nc(-n3c4ccccc4c4cc(-c5ccc6c(c5)c5ccccc5n6-c5ccc6sc7ccccc7c6c5)ccc43)n2)cc1. The van der Waals surface area contributed by atoms with Crippen molar-refractivity contribution >= 4 is 140 Å². The molecular formula is C104H62N10S. The first-order valence-corrected chi connectivity index (χ1v) is 39.6. The van der Waals surface area contributed by atoms with Gasteiger partial charge in [0.05, 0.1) is 44.1 Å². The van der Waals surface area contributed by atoms with E-state index in [2.05, 4.69) is 376 Å². The summed E-state index contributed by atoms with van der Waals surface area (Å²) in [5.41, 5.74) is 20.9. The zero-order valence-electron chi connectivity index (χ0n) is 61.7. The molecule has 0 unspecified atom stereocenters. The summed E-state index contributed by atoms with van der Waals surface area (Å²) in [5.74, 6) is 3.33. The summed E-state index contributed by atoms with van der Waals surface area (Å²) in [6.45, 7) is 0. The summed E-state index contributed by atoms with van der Waals surface area (Å²) < 4.78 is 11.8. The maximum atomic E-state index is 5.56. The molecule has 0 radical (unpaired) electrons. The van der Waals surface area contributed by atoms with Crippen LogP contribution in [-0.2, 0) is 0 Å². The Balaban J connectivity index is 0.637. The van der Waals surface area contributed by atoms with E-state index in [0.717, 1.165) is 138 Å². The largest absolute Gasteiger partial charge is 0.309 e. The summed E-state index contributed by atoms with van der Waals surface area (Å²) in [4.78, 5) is 32.6. The highest BCUT2D eigenvalue weighted by atomic mass is 32.1. The van der Waals surface area contributed by atoms with Crippen molar-refractivity contribution in [2.75, 3.05) is 0 Å². The van der Waals surface area contributed by atoms with Gasteiger partial charge in [-0.05, 0) is 170 Å². The van der Waals surface area contributed by atoms with Crippen LogP contribution in [0.1, 0.15) is 0 Å². The monoisotopic (exact) mass is 1480 g/mol. The Bertz CT molecular complexity index is 8160. The van der Waals surface area contributed by atoms with Gasteiger partial charge in [-0.15, -0.1) is 11.3 Å². The minimum atomic E-state index is 0.510. The highest BCUT2D eigenvalue weighted by molar-refractivity contribution is 7.25. The van der Waals surface area contributed by atoms with Crippen molar-refractivity contribution in [1.29, 1.82) is 0 Å². The van der Waals surface area contributed by atoms with Gasteiger partial charge in [-0.3, -0.25) is 9.13 Å². The van der Waals surface area contributed by atoms with E-state index in [4.69, 9.17) is 29.9 Å². The molecular weight excluding hydrogens is 1420 g/mol. The van der Waals surface area contributed by atoms with Gasteiger partial charge < -0.3 is 9.13 Å². The number of rotatable bonds is 11. The van der Waals surface area contributed by atoms with Crippen molar-refractivity contribution in [2.24, 2.45) is 0 Å². The summed E-state index contributed by atoms with van der Waals surface area (Å²) in [6, 6.07) is 135. The fraction of sp³-hybridized carbons (Fsp3) is 0. The van der Waals surface area contributed by atoms with Crippen molar-refractivity contribution in [2.45, 2.75) is 0 Å². The number of hydrogen-bond donors (Lipinski definition) is 0. The molecule has 7 heterocycles. The molecule has 534 valence electrons. The van der Waals surface area contributed by atoms with Gasteiger partial charge in [-0.2, -0.15) is 19.9 Å². The number of para-hydroxylation sites is 4. The van der Waals surface area contributed by atoms with Gasteiger partial charge in [-0.1, -0.05) is 261 Å². The molecule has 11 heteroatoms. The fourth-order valence-electron chi connectivity index (χ4n) is 17.8. The van der Waals surface area contributed by atoms with Gasteiger partial charge in [-0.25, -0.2) is 9.97 Å². The first kappa shape index (κ1) is 64.5. The van der Waals surface area contributed by atoms with Crippen LogP contribution >= 0.6 is 11.3 Å². The fourth-order valence-corrected chi connectivity index (χ4v) is 18.9. The molecule has 0 aliphatic heterocycles. The van der Waals surface area contributed by atoms with E-state index in [-0.39, 0.29) is 0 Å². The third kappa shape index (κ3) is 10.4. The third-order valence-corrected chi connectivity index (χ3v) is 24.4. The summed E-state index contributed by atoms with van der Waals surface area (Å²) in [5, 5.41) is 16.1. The smallest absolute Gasteiger partial charge is 0.238 e. The molecule has 17 aromatic carbocycles. The molecule has 115 heavy (non-hydrogen) atoms. The van der Waals surface area contributed by atoms with Crippen LogP contribution < -0.4 is 0 Å². The minimum Gasteiger partial charge on any atom is -0.309 e. The van der Waals surface area contributed by atoms with Crippen molar-refractivity contribution in [1.82, 2.24) is 48.2 Å². The van der Waals surface area contributed by atoms with Gasteiger partial charge in [0.2, 0.25) is 11.9 Å². The van der Waals surface area contributed by atoms with Gasteiger partial charge in [0.1, 0.15) is 0 Å². The summed E-state index contributed by atoms with van der Waals surface area (Å²) in [7, 11) is 0. The molecule has 7 aromatic heterocycles. The lowest BCUT2D eigenvalue weighted by atomic mass is 9.99. The van der Waals surface area contributed by atoms with Crippen LogP contribution in [0.2, 0.25) is 0 Å². The maximum absolute atomic E-state index is 5.56. The lowest BCUT2D eigenvalue weighted by Crippen LogP contribution is -2.06. The minimum absolute atomic E-state index is 0.510. The lowest BCUT2D eigenvalue weighted by Gasteiger charge is -2.13. The number of benzene rings is 17. The second kappa shape index (κ2) is 25.6. The van der Waals surface area contributed by atoms with Crippen LogP contribution in [0, 0.1) is 0 Å². The molecule has 0 spiro atoms. The number of hydrogen-bond acceptors (Lipinski definition) is 7. The molecule has 0 saturated carbocycles. The molecule has 0 atom stereocenters. The number of fused-ring (bicyclic) bond motifs is 17. The molecule has 0 aliphatic carbocycles. The van der Waals surface area contributed by atoms with E-state index in [1.807, 2.05) is 29.5 Å². The van der Waals surface area contributed by atoms with Crippen molar-refractivity contribution in [3.05, 3.63) is 376 Å². The number of aromatic nitrogens is 10. The average molecular weight is 1480 g/mol. The quantitative estimate of drug-likeness (QED) is 0.128. The second-order valence-electron chi connectivity index (χ2n) is 29.8. The number of thiophene rings is 1. The van der Waals surface area contributed by atoms with E-state index >= 15 is 0 Å². The summed E-state index contributed by atoms with van der Waals surface area (Å²) >= 11 is 1.85. The average Bonchev–Trinajstić information content (AvgIpc) is 1.59. The topological polar surface area (TPSA) is 97.1 Å². The molecule has 10 nitrogen and oxygen atoms in total. The Hall–Kier alpha value is -15.3. The van der Waals surface area contributed by atoms with Gasteiger partial charge in [0, 0.05) is 96.9 Å². The van der Waals surface area contributed by atoms with E-state index < -0.39 is 0 Å². The highest BCUT2D eigenvalue weighted by Gasteiger charge is 2.25. The van der Waals surface area contributed by atoms with Crippen LogP contribution in [0.3, 0.4) is 0 Å². The van der Waals surface area contributed by atoms with E-state index in [1.54, 1.807) is 0 Å². The van der Waals surface area contributed by atoms with E-state index in [1.165, 1.54) is 58.3 Å². The van der Waals surface area contributed by atoms with Gasteiger partial charge in [0.15, 0.2) is 23.3 Å². The normalized spacial score (nSPS) is 12.0. The van der Waals surface area contributed by atoms with E-state index in [0.29, 0.717) is 35.2 Å². The standard InChI is InChI=1S/C104H62N10S/c1-3-22-66(23-4-1)99-105-100(108-103(107-99)113-91-36-17-13-31-80(91)86-59-71(47-53-94(86)113)70-46-52-93-85(58-70)79-30-12-16-35-90(79)112(93)76-49-55-98-88(62-76)82-32-14-18-37-97(82)115-98)67-41-38-64(39-42-67)73-44-50-81-87-60-72(69-45-51-92-84(57-69)78-29-11-15-34-89(78)111(92)75-26-5-2-6-27-75)48-54-95(87)114(96(81)61-73)104-109-101(74-43-40-63-20-7-8-24-68(63)56-74)106-102(110-104)83-33-19-25-65-21-9-10-28-77(65)83/h1-62H. The highest BCUT2D eigenvalue weighted by Crippen LogP contribution is 2.45. The Morgan fingerprint density at radius 3 is 1.20 bits per heavy atom. The molecule has 24 rings (SSSR count). The second-order valence-corrected chi connectivity index (χ2v) is 30.8. The molecule has 0 fully saturated rings. The van der Waals surface area contributed by atoms with Gasteiger partial charge in [0.25, 0.3) is 0 Å². The van der Waals surface area contributed by atoms with Crippen molar-refractivity contribution in [3.8, 4) is 102 Å². The molecule has 24 aromatic rings. The Kier molecular flexibility index (Phi) is 14.4. The predicted octanol–water partition coefficient (Wildman–Crippen LogP) is 26.8. The zero-order chi connectivity index (χ0) is 75.3. The van der Waals surface area contributed by atoms with Crippen LogP contribution in [-0.4, -0.2) is 48.2 Å². The van der Waals surface area contributed by atoms with Crippen molar-refractivity contribution < 1.29 is 0 Å². The van der Waals surface area contributed by atoms with Crippen LogP contribution in [0.5, 0.6) is 0 Å². The maximum Gasteiger partial charge on any atom is 0.238 e.